The first kappa shape index (κ1) is 23.3. The summed E-state index contributed by atoms with van der Waals surface area (Å²) in [6.07, 6.45) is 0.119. The summed E-state index contributed by atoms with van der Waals surface area (Å²) in [5.74, 6) is -0.642. The van der Waals surface area contributed by atoms with Crippen LogP contribution < -0.4 is 4.90 Å². The van der Waals surface area contributed by atoms with Crippen LogP contribution in [0.15, 0.2) is 127 Å². The topological polar surface area (TPSA) is 66.8 Å². The molecule has 0 fully saturated rings. The molecular weight excluding hydrogens is 450 g/mol. The minimum Gasteiger partial charge on any atom is -0.466 e. The monoisotopic (exact) mass is 475 g/mol. The molecule has 0 bridgehead atoms. The second-order valence-electron chi connectivity index (χ2n) is 8.58. The van der Waals surface area contributed by atoms with Crippen molar-refractivity contribution in [3.8, 4) is 0 Å². The average Bonchev–Trinajstić information content (AvgIpc) is 2.94. The van der Waals surface area contributed by atoms with E-state index in [4.69, 9.17) is 4.74 Å². The number of ether oxygens (including phenoxy) is 1. The molecule has 4 aromatic carbocycles. The normalized spacial score (nSPS) is 19.2. The molecule has 0 aliphatic carbocycles. The van der Waals surface area contributed by atoms with Gasteiger partial charge >= 0.3 is 0 Å². The van der Waals surface area contributed by atoms with E-state index in [1.807, 2.05) is 78.9 Å². The zero-order valence-corrected chi connectivity index (χ0v) is 19.5. The Morgan fingerprint density at radius 1 is 0.750 bits per heavy atom. The van der Waals surface area contributed by atoms with Gasteiger partial charge in [0.2, 0.25) is 12.0 Å². The van der Waals surface area contributed by atoms with Gasteiger partial charge in [0.25, 0.3) is 0 Å². The average molecular weight is 476 g/mol. The maximum absolute atomic E-state index is 13.8. The van der Waals surface area contributed by atoms with Crippen LogP contribution in [0.4, 0.5) is 5.69 Å². The van der Waals surface area contributed by atoms with Gasteiger partial charge in [0.1, 0.15) is 5.76 Å². The van der Waals surface area contributed by atoms with Crippen LogP contribution in [-0.4, -0.2) is 22.4 Å². The zero-order valence-electron chi connectivity index (χ0n) is 19.5. The van der Waals surface area contributed by atoms with Crippen molar-refractivity contribution in [3.05, 3.63) is 144 Å². The van der Waals surface area contributed by atoms with E-state index >= 15 is 0 Å². The molecule has 1 aliphatic heterocycles. The summed E-state index contributed by atoms with van der Waals surface area (Å²) in [7, 11) is 0. The first-order valence-corrected chi connectivity index (χ1v) is 11.7. The fraction of sp³-hybridized carbons (Fsp3) is 0.0968. The molecule has 178 valence electrons. The minimum atomic E-state index is -2.14. The van der Waals surface area contributed by atoms with Crippen molar-refractivity contribution < 1.29 is 19.4 Å². The largest absolute Gasteiger partial charge is 0.466 e. The van der Waals surface area contributed by atoms with Crippen molar-refractivity contribution in [1.82, 2.24) is 0 Å². The summed E-state index contributed by atoms with van der Waals surface area (Å²) in [4.78, 5) is 28.3. The van der Waals surface area contributed by atoms with Gasteiger partial charge in [-0.2, -0.15) is 0 Å². The van der Waals surface area contributed by atoms with E-state index in [0.29, 0.717) is 22.6 Å². The predicted octanol–water partition coefficient (Wildman–Crippen LogP) is 5.79. The van der Waals surface area contributed by atoms with Crippen molar-refractivity contribution >= 4 is 23.0 Å². The van der Waals surface area contributed by atoms with E-state index < -0.39 is 24.2 Å². The maximum Gasteiger partial charge on any atom is 0.225 e. The Morgan fingerprint density at radius 3 is 1.89 bits per heavy atom. The van der Waals surface area contributed by atoms with Gasteiger partial charge in [0.15, 0.2) is 11.6 Å². The number of Topliss-reactive ketones (excluding diaryl/α,β-unsaturated/α-hetero) is 2. The Balaban J connectivity index is 1.65. The lowest BCUT2D eigenvalue weighted by Crippen LogP contribution is -2.58. The van der Waals surface area contributed by atoms with Gasteiger partial charge in [-0.3, -0.25) is 14.5 Å². The second-order valence-corrected chi connectivity index (χ2v) is 8.58. The molecule has 0 saturated heterocycles. The van der Waals surface area contributed by atoms with Gasteiger partial charge in [-0.1, -0.05) is 109 Å². The van der Waals surface area contributed by atoms with Gasteiger partial charge in [-0.05, 0) is 12.1 Å². The molecule has 5 rings (SSSR count). The molecule has 0 saturated carbocycles. The summed E-state index contributed by atoms with van der Waals surface area (Å²) < 4.78 is 6.45. The Kier molecular flexibility index (Phi) is 6.48. The van der Waals surface area contributed by atoms with E-state index in [2.05, 4.69) is 0 Å². The number of anilines is 1. The van der Waals surface area contributed by atoms with Gasteiger partial charge in [-0.15, -0.1) is 0 Å². The fourth-order valence-electron chi connectivity index (χ4n) is 4.36. The summed E-state index contributed by atoms with van der Waals surface area (Å²) in [6.45, 7) is 0. The zero-order chi connectivity index (χ0) is 25.0. The van der Waals surface area contributed by atoms with Crippen LogP contribution in [0.3, 0.4) is 0 Å². The lowest BCUT2D eigenvalue weighted by Gasteiger charge is -2.46. The number of nitrogens with zero attached hydrogens (tertiary/aromatic N) is 1. The molecule has 4 aromatic rings. The van der Waals surface area contributed by atoms with Crippen molar-refractivity contribution in [3.63, 3.8) is 0 Å². The standard InChI is InChI=1S/C31H25NO4/c33-27(23-13-5-1-6-14-23)21-29(34)31(35)22-28(24-15-7-2-8-16-24)36-30(25-17-9-3-10-18-25)32(31)26-19-11-4-12-20-26/h1-20,22,30,35H,21H2. The highest BCUT2D eigenvalue weighted by Gasteiger charge is 2.49. The van der Waals surface area contributed by atoms with E-state index in [-0.39, 0.29) is 5.78 Å². The van der Waals surface area contributed by atoms with Crippen LogP contribution in [0, 0.1) is 0 Å². The highest BCUT2D eigenvalue weighted by molar-refractivity contribution is 6.12. The Morgan fingerprint density at radius 2 is 1.28 bits per heavy atom. The van der Waals surface area contributed by atoms with Crippen LogP contribution in [0.25, 0.3) is 5.76 Å². The third-order valence-corrected chi connectivity index (χ3v) is 6.18. The number of hydrogen-bond acceptors (Lipinski definition) is 5. The molecule has 0 radical (unpaired) electrons. The summed E-state index contributed by atoms with van der Waals surface area (Å²) in [5, 5.41) is 12.2. The van der Waals surface area contributed by atoms with Gasteiger partial charge < -0.3 is 9.84 Å². The third-order valence-electron chi connectivity index (χ3n) is 6.18. The van der Waals surface area contributed by atoms with Gasteiger partial charge in [0, 0.05) is 28.5 Å². The number of para-hydroxylation sites is 1. The summed E-state index contributed by atoms with van der Waals surface area (Å²) >= 11 is 0. The maximum atomic E-state index is 13.8. The molecule has 5 nitrogen and oxygen atoms in total. The summed E-state index contributed by atoms with van der Waals surface area (Å²) in [6, 6.07) is 36.5. The molecule has 0 amide bonds. The lowest BCUT2D eigenvalue weighted by atomic mass is 9.93. The molecular formula is C31H25NO4. The Bertz CT molecular complexity index is 1370. The SMILES string of the molecule is O=C(CC(=O)C1(O)C=C(c2ccccc2)OC(c2ccccc2)N1c1ccccc1)c1ccccc1. The van der Waals surface area contributed by atoms with Crippen LogP contribution in [0.5, 0.6) is 0 Å². The smallest absolute Gasteiger partial charge is 0.225 e. The highest BCUT2D eigenvalue weighted by atomic mass is 16.5. The number of carbonyl (C=O) groups excluding carboxylic acids is 2. The van der Waals surface area contributed by atoms with Crippen LogP contribution in [0.2, 0.25) is 0 Å². The van der Waals surface area contributed by atoms with Crippen LogP contribution >= 0.6 is 0 Å². The second kappa shape index (κ2) is 10.0. The molecule has 5 heteroatoms. The molecule has 1 aliphatic rings. The molecule has 2 unspecified atom stereocenters. The highest BCUT2D eigenvalue weighted by Crippen LogP contribution is 2.43. The molecule has 0 aromatic heterocycles. The van der Waals surface area contributed by atoms with E-state index in [0.717, 1.165) is 5.56 Å². The Labute approximate surface area is 209 Å². The number of hydrogen-bond donors (Lipinski definition) is 1. The number of aliphatic hydroxyl groups is 1. The first-order chi connectivity index (χ1) is 17.6. The van der Waals surface area contributed by atoms with Crippen LogP contribution in [0.1, 0.15) is 34.1 Å². The van der Waals surface area contributed by atoms with Crippen molar-refractivity contribution in [1.29, 1.82) is 0 Å². The number of carbonyl (C=O) groups is 2. The quantitative estimate of drug-likeness (QED) is 0.271. The molecule has 2 atom stereocenters. The molecule has 36 heavy (non-hydrogen) atoms. The van der Waals surface area contributed by atoms with Crippen LogP contribution in [-0.2, 0) is 9.53 Å². The van der Waals surface area contributed by atoms with Crippen molar-refractivity contribution in [2.75, 3.05) is 4.90 Å². The Hall–Kier alpha value is -4.48. The minimum absolute atomic E-state index is 0.361. The number of rotatable bonds is 7. The molecule has 1 heterocycles. The molecule has 0 spiro atoms. The third kappa shape index (κ3) is 4.57. The summed E-state index contributed by atoms with van der Waals surface area (Å²) in [5.41, 5.74) is 0.322. The van der Waals surface area contributed by atoms with E-state index in [1.165, 1.54) is 11.0 Å². The van der Waals surface area contributed by atoms with E-state index in [1.54, 1.807) is 42.5 Å². The molecule has 1 N–H and O–H groups in total. The number of ketones is 2. The van der Waals surface area contributed by atoms with Gasteiger partial charge in [-0.25, -0.2) is 0 Å². The van der Waals surface area contributed by atoms with Crippen molar-refractivity contribution in [2.24, 2.45) is 0 Å². The number of benzene rings is 4. The lowest BCUT2D eigenvalue weighted by molar-refractivity contribution is -0.135. The predicted molar refractivity (Wildman–Crippen MR) is 139 cm³/mol. The van der Waals surface area contributed by atoms with Gasteiger partial charge in [0.05, 0.1) is 6.42 Å². The van der Waals surface area contributed by atoms with E-state index in [9.17, 15) is 14.7 Å². The first-order valence-electron chi connectivity index (χ1n) is 11.7. The van der Waals surface area contributed by atoms with Crippen molar-refractivity contribution in [2.45, 2.75) is 18.4 Å². The fourth-order valence-corrected chi connectivity index (χ4v) is 4.36.